The lowest BCUT2D eigenvalue weighted by Crippen LogP contribution is -1.94. The highest BCUT2D eigenvalue weighted by atomic mass is 16.5. The van der Waals surface area contributed by atoms with E-state index in [4.69, 9.17) is 10.5 Å². The van der Waals surface area contributed by atoms with Crippen molar-refractivity contribution < 1.29 is 4.74 Å². The van der Waals surface area contributed by atoms with Crippen LogP contribution < -0.4 is 10.5 Å². The summed E-state index contributed by atoms with van der Waals surface area (Å²) in [5.41, 5.74) is 7.32. The predicted molar refractivity (Wildman–Crippen MR) is 69.0 cm³/mol. The maximum atomic E-state index is 5.66. The van der Waals surface area contributed by atoms with E-state index in [-0.39, 0.29) is 0 Å². The average Bonchev–Trinajstić information content (AvgIpc) is 2.38. The van der Waals surface area contributed by atoms with Gasteiger partial charge in [0.05, 0.1) is 0 Å². The molecule has 17 heavy (non-hydrogen) atoms. The normalized spacial score (nSPS) is 9.12. The zero-order valence-electron chi connectivity index (χ0n) is 10.3. The molecular formula is C13H17N3O. The van der Waals surface area contributed by atoms with Gasteiger partial charge in [0.25, 0.3) is 0 Å². The summed E-state index contributed by atoms with van der Waals surface area (Å²) >= 11 is 0. The Morgan fingerprint density at radius 2 is 1.76 bits per heavy atom. The van der Waals surface area contributed by atoms with Crippen LogP contribution in [-0.4, -0.2) is 9.97 Å². The van der Waals surface area contributed by atoms with Gasteiger partial charge < -0.3 is 10.5 Å². The summed E-state index contributed by atoms with van der Waals surface area (Å²) in [6, 6.07) is 7.54. The number of anilines is 1. The van der Waals surface area contributed by atoms with E-state index in [1.165, 1.54) is 0 Å². The lowest BCUT2D eigenvalue weighted by Gasteiger charge is -2.06. The maximum Gasteiger partial charge on any atom is 0.321 e. The van der Waals surface area contributed by atoms with Crippen LogP contribution in [-0.2, 0) is 0 Å². The smallest absolute Gasteiger partial charge is 0.321 e. The first-order valence-electron chi connectivity index (χ1n) is 5.57. The summed E-state index contributed by atoms with van der Waals surface area (Å²) in [5, 5.41) is 0. The van der Waals surface area contributed by atoms with E-state index in [0.29, 0.717) is 17.4 Å². The largest absolute Gasteiger partial charge is 0.424 e. The van der Waals surface area contributed by atoms with Gasteiger partial charge in [-0.15, -0.1) is 0 Å². The second-order valence-corrected chi connectivity index (χ2v) is 3.16. The summed E-state index contributed by atoms with van der Waals surface area (Å²) < 4.78 is 5.49. The molecule has 2 N–H and O–H groups in total. The molecule has 4 nitrogen and oxygen atoms in total. The van der Waals surface area contributed by atoms with Gasteiger partial charge >= 0.3 is 6.01 Å². The molecule has 1 heterocycles. The lowest BCUT2D eigenvalue weighted by atomic mass is 10.2. The van der Waals surface area contributed by atoms with Crippen LogP contribution in [0.1, 0.15) is 19.4 Å². The number of aryl methyl sites for hydroxylation is 1. The van der Waals surface area contributed by atoms with Gasteiger partial charge in [-0.3, -0.25) is 0 Å². The molecule has 1 aromatic carbocycles. The molecule has 2 aromatic rings. The Hall–Kier alpha value is -2.10. The van der Waals surface area contributed by atoms with E-state index in [0.717, 1.165) is 5.56 Å². The number of hydrogen-bond donors (Lipinski definition) is 1. The number of aromatic nitrogens is 2. The van der Waals surface area contributed by atoms with Crippen molar-refractivity contribution in [3.63, 3.8) is 0 Å². The molecule has 0 radical (unpaired) electrons. The van der Waals surface area contributed by atoms with Crippen molar-refractivity contribution in [3.05, 3.63) is 42.2 Å². The summed E-state index contributed by atoms with van der Waals surface area (Å²) in [4.78, 5) is 7.94. The lowest BCUT2D eigenvalue weighted by molar-refractivity contribution is 0.439. The molecule has 0 saturated heterocycles. The third-order valence-corrected chi connectivity index (χ3v) is 1.96. The first kappa shape index (κ1) is 13.0. The minimum Gasteiger partial charge on any atom is -0.424 e. The molecule has 2 rings (SSSR count). The summed E-state index contributed by atoms with van der Waals surface area (Å²) in [7, 11) is 0. The number of ether oxygens (including phenoxy) is 1. The van der Waals surface area contributed by atoms with Crippen LogP contribution in [0.5, 0.6) is 11.8 Å². The molecule has 90 valence electrons. The average molecular weight is 231 g/mol. The third kappa shape index (κ3) is 3.75. The van der Waals surface area contributed by atoms with E-state index in [1.807, 2.05) is 32.9 Å². The number of rotatable bonds is 2. The maximum absolute atomic E-state index is 5.66. The Morgan fingerprint density at radius 3 is 2.41 bits per heavy atom. The second-order valence-electron chi connectivity index (χ2n) is 3.16. The molecule has 1 aromatic heterocycles. The number of nitrogen functional groups attached to an aromatic ring is 1. The third-order valence-electron chi connectivity index (χ3n) is 1.96. The highest BCUT2D eigenvalue weighted by Crippen LogP contribution is 2.24. The topological polar surface area (TPSA) is 61.0 Å². The van der Waals surface area contributed by atoms with Crippen molar-refractivity contribution in [1.82, 2.24) is 9.97 Å². The van der Waals surface area contributed by atoms with Crippen molar-refractivity contribution in [2.24, 2.45) is 0 Å². The SMILES string of the molecule is CC.Cc1ccc(N)cc1Oc1ncccn1. The molecule has 4 heteroatoms. The molecule has 0 unspecified atom stereocenters. The van der Waals surface area contributed by atoms with Crippen LogP contribution in [0, 0.1) is 6.92 Å². The Kier molecular flexibility index (Phi) is 4.94. The van der Waals surface area contributed by atoms with E-state index < -0.39 is 0 Å². The van der Waals surface area contributed by atoms with E-state index in [2.05, 4.69) is 9.97 Å². The van der Waals surface area contributed by atoms with E-state index in [1.54, 1.807) is 24.5 Å². The van der Waals surface area contributed by atoms with Crippen molar-refractivity contribution in [1.29, 1.82) is 0 Å². The minimum absolute atomic E-state index is 0.325. The molecule has 0 saturated carbocycles. The van der Waals surface area contributed by atoms with Crippen LogP contribution in [0.15, 0.2) is 36.7 Å². The highest BCUT2D eigenvalue weighted by Gasteiger charge is 2.02. The van der Waals surface area contributed by atoms with Gasteiger partial charge in [-0.05, 0) is 24.6 Å². The van der Waals surface area contributed by atoms with Gasteiger partial charge in [0, 0.05) is 24.1 Å². The van der Waals surface area contributed by atoms with Gasteiger partial charge in [-0.2, -0.15) is 0 Å². The second kappa shape index (κ2) is 6.48. The highest BCUT2D eigenvalue weighted by molar-refractivity contribution is 5.48. The fourth-order valence-electron chi connectivity index (χ4n) is 1.16. The first-order chi connectivity index (χ1) is 8.25. The van der Waals surface area contributed by atoms with Crippen molar-refractivity contribution in [3.8, 4) is 11.8 Å². The molecule has 0 aliphatic carbocycles. The van der Waals surface area contributed by atoms with Crippen LogP contribution in [0.25, 0.3) is 0 Å². The zero-order valence-corrected chi connectivity index (χ0v) is 10.3. The fourth-order valence-corrected chi connectivity index (χ4v) is 1.16. The van der Waals surface area contributed by atoms with Crippen molar-refractivity contribution in [2.45, 2.75) is 20.8 Å². The number of nitrogens with zero attached hydrogens (tertiary/aromatic N) is 2. The predicted octanol–water partition coefficient (Wildman–Crippen LogP) is 3.19. The summed E-state index contributed by atoms with van der Waals surface area (Å²) in [5.74, 6) is 0.682. The molecule has 0 aliphatic heterocycles. The molecule has 0 aliphatic rings. The Labute approximate surface area is 101 Å². The Morgan fingerprint density at radius 1 is 1.12 bits per heavy atom. The molecule has 0 atom stereocenters. The van der Waals surface area contributed by atoms with Crippen molar-refractivity contribution >= 4 is 5.69 Å². The molecular weight excluding hydrogens is 214 g/mol. The van der Waals surface area contributed by atoms with Gasteiger partial charge in [-0.1, -0.05) is 19.9 Å². The number of benzene rings is 1. The molecule has 0 amide bonds. The quantitative estimate of drug-likeness (QED) is 0.806. The van der Waals surface area contributed by atoms with Crippen LogP contribution in [0.2, 0.25) is 0 Å². The monoisotopic (exact) mass is 231 g/mol. The number of nitrogens with two attached hydrogens (primary N) is 1. The minimum atomic E-state index is 0.325. The van der Waals surface area contributed by atoms with E-state index in [9.17, 15) is 0 Å². The Balaban J connectivity index is 0.000000686. The Bertz CT molecular complexity index is 457. The van der Waals surface area contributed by atoms with Crippen LogP contribution in [0.3, 0.4) is 0 Å². The first-order valence-corrected chi connectivity index (χ1v) is 5.57. The van der Waals surface area contributed by atoms with Gasteiger partial charge in [0.2, 0.25) is 0 Å². The van der Waals surface area contributed by atoms with Gasteiger partial charge in [-0.25, -0.2) is 9.97 Å². The van der Waals surface area contributed by atoms with Gasteiger partial charge in [0.1, 0.15) is 5.75 Å². The molecule has 0 spiro atoms. The standard InChI is InChI=1S/C11H11N3O.C2H6/c1-8-3-4-9(12)7-10(8)15-11-13-5-2-6-14-11;1-2/h2-7H,12H2,1H3;1-2H3. The van der Waals surface area contributed by atoms with Crippen LogP contribution >= 0.6 is 0 Å². The fraction of sp³-hybridized carbons (Fsp3) is 0.231. The van der Waals surface area contributed by atoms with E-state index >= 15 is 0 Å². The summed E-state index contributed by atoms with van der Waals surface area (Å²) in [6.07, 6.45) is 3.26. The van der Waals surface area contributed by atoms with Gasteiger partial charge in [0.15, 0.2) is 0 Å². The van der Waals surface area contributed by atoms with Crippen LogP contribution in [0.4, 0.5) is 5.69 Å². The summed E-state index contributed by atoms with van der Waals surface area (Å²) in [6.45, 7) is 5.94. The molecule has 0 bridgehead atoms. The van der Waals surface area contributed by atoms with Crippen molar-refractivity contribution in [2.75, 3.05) is 5.73 Å². The number of hydrogen-bond acceptors (Lipinski definition) is 4. The zero-order chi connectivity index (χ0) is 12.7. The molecule has 0 fully saturated rings.